The summed E-state index contributed by atoms with van der Waals surface area (Å²) in [6, 6.07) is 7.22. The summed E-state index contributed by atoms with van der Waals surface area (Å²) < 4.78 is 5.03. The number of Topliss-reactive ketones (excluding diaryl/α,β-unsaturated/α-hetero) is 1. The van der Waals surface area contributed by atoms with Crippen molar-refractivity contribution in [1.82, 2.24) is 4.90 Å². The number of carbonyl (C=O) groups excluding carboxylic acids is 1. The summed E-state index contributed by atoms with van der Waals surface area (Å²) in [5.74, 6) is 0.950. The minimum absolute atomic E-state index is 0. The summed E-state index contributed by atoms with van der Waals surface area (Å²) >= 11 is 0. The number of carbonyl (C=O) groups is 1. The fourth-order valence-electron chi connectivity index (χ4n) is 1.25. The van der Waals surface area contributed by atoms with Gasteiger partial charge in [0.25, 0.3) is 0 Å². The number of hydrogen-bond donors (Lipinski definition) is 0. The van der Waals surface area contributed by atoms with Crippen LogP contribution in [0.3, 0.4) is 0 Å². The van der Waals surface area contributed by atoms with Gasteiger partial charge in [-0.15, -0.1) is 12.4 Å². The van der Waals surface area contributed by atoms with Crippen LogP contribution in [0.25, 0.3) is 0 Å². The molecule has 0 heterocycles. The van der Waals surface area contributed by atoms with E-state index in [1.54, 1.807) is 19.2 Å². The Morgan fingerprint density at radius 1 is 1.25 bits per heavy atom. The standard InChI is InChI=1S/C12H17NO2.ClH/c1-13(2)9-8-12(14)10-4-6-11(15-3)7-5-10;/h4-7H,8-9H2,1-3H3;1H. The van der Waals surface area contributed by atoms with Gasteiger partial charge < -0.3 is 9.64 Å². The van der Waals surface area contributed by atoms with Crippen LogP contribution in [-0.4, -0.2) is 38.4 Å². The molecule has 0 radical (unpaired) electrons. The van der Waals surface area contributed by atoms with Crippen molar-refractivity contribution in [3.05, 3.63) is 29.8 Å². The van der Waals surface area contributed by atoms with Crippen LogP contribution in [0, 0.1) is 0 Å². The van der Waals surface area contributed by atoms with Gasteiger partial charge in [-0.3, -0.25) is 4.79 Å². The van der Waals surface area contributed by atoms with E-state index in [4.69, 9.17) is 4.74 Å². The maximum atomic E-state index is 11.7. The Hall–Kier alpha value is -1.06. The zero-order valence-electron chi connectivity index (χ0n) is 9.90. The monoisotopic (exact) mass is 243 g/mol. The molecule has 0 aliphatic rings. The van der Waals surface area contributed by atoms with Gasteiger partial charge in [0.05, 0.1) is 7.11 Å². The number of ketones is 1. The maximum Gasteiger partial charge on any atom is 0.164 e. The fraction of sp³-hybridized carbons (Fsp3) is 0.417. The van der Waals surface area contributed by atoms with Gasteiger partial charge in [0.1, 0.15) is 5.75 Å². The molecule has 0 amide bonds. The lowest BCUT2D eigenvalue weighted by Gasteiger charge is -2.08. The number of hydrogen-bond acceptors (Lipinski definition) is 3. The van der Waals surface area contributed by atoms with Gasteiger partial charge in [0, 0.05) is 18.5 Å². The average molecular weight is 244 g/mol. The Balaban J connectivity index is 0.00000225. The van der Waals surface area contributed by atoms with Crippen LogP contribution < -0.4 is 4.74 Å². The third-order valence-electron chi connectivity index (χ3n) is 2.20. The molecule has 0 saturated heterocycles. The second-order valence-electron chi connectivity index (χ2n) is 3.70. The van der Waals surface area contributed by atoms with Crippen molar-refractivity contribution in [2.45, 2.75) is 6.42 Å². The van der Waals surface area contributed by atoms with E-state index in [-0.39, 0.29) is 18.2 Å². The molecule has 1 rings (SSSR count). The normalized spacial score (nSPS) is 9.75. The highest BCUT2D eigenvalue weighted by Gasteiger charge is 2.05. The van der Waals surface area contributed by atoms with Crippen molar-refractivity contribution in [3.8, 4) is 5.75 Å². The van der Waals surface area contributed by atoms with E-state index >= 15 is 0 Å². The van der Waals surface area contributed by atoms with Crippen LogP contribution in [0.15, 0.2) is 24.3 Å². The molecule has 4 heteroatoms. The van der Waals surface area contributed by atoms with Gasteiger partial charge in [-0.25, -0.2) is 0 Å². The van der Waals surface area contributed by atoms with E-state index in [0.29, 0.717) is 6.42 Å². The van der Waals surface area contributed by atoms with E-state index in [0.717, 1.165) is 17.9 Å². The zero-order chi connectivity index (χ0) is 11.3. The van der Waals surface area contributed by atoms with E-state index in [1.165, 1.54) is 0 Å². The lowest BCUT2D eigenvalue weighted by molar-refractivity contribution is 0.0972. The first-order valence-electron chi connectivity index (χ1n) is 4.95. The van der Waals surface area contributed by atoms with Gasteiger partial charge in [0.15, 0.2) is 5.78 Å². The van der Waals surface area contributed by atoms with Crippen molar-refractivity contribution in [3.63, 3.8) is 0 Å². The Morgan fingerprint density at radius 3 is 2.25 bits per heavy atom. The van der Waals surface area contributed by atoms with Crippen molar-refractivity contribution in [2.24, 2.45) is 0 Å². The Bertz CT molecular complexity index is 322. The second-order valence-corrected chi connectivity index (χ2v) is 3.70. The van der Waals surface area contributed by atoms with Gasteiger partial charge in [-0.1, -0.05) is 0 Å². The molecule has 0 N–H and O–H groups in total. The topological polar surface area (TPSA) is 29.5 Å². The second kappa shape index (κ2) is 7.25. The van der Waals surface area contributed by atoms with Gasteiger partial charge >= 0.3 is 0 Å². The van der Waals surface area contributed by atoms with Crippen molar-refractivity contribution < 1.29 is 9.53 Å². The molecule has 0 aliphatic heterocycles. The molecule has 3 nitrogen and oxygen atoms in total. The fourth-order valence-corrected chi connectivity index (χ4v) is 1.25. The predicted molar refractivity (Wildman–Crippen MR) is 67.7 cm³/mol. The summed E-state index contributed by atoms with van der Waals surface area (Å²) in [5.41, 5.74) is 0.748. The summed E-state index contributed by atoms with van der Waals surface area (Å²) in [6.07, 6.45) is 0.555. The van der Waals surface area contributed by atoms with Crippen molar-refractivity contribution >= 4 is 18.2 Å². The minimum Gasteiger partial charge on any atom is -0.497 e. The molecule has 1 aromatic rings. The van der Waals surface area contributed by atoms with E-state index in [9.17, 15) is 4.79 Å². The third-order valence-corrected chi connectivity index (χ3v) is 2.20. The molecule has 0 fully saturated rings. The molecule has 0 saturated carbocycles. The highest BCUT2D eigenvalue weighted by molar-refractivity contribution is 5.96. The number of ether oxygens (including phenoxy) is 1. The molecule has 0 aliphatic carbocycles. The van der Waals surface area contributed by atoms with Crippen LogP contribution >= 0.6 is 12.4 Å². The molecule has 0 spiro atoms. The van der Waals surface area contributed by atoms with Crippen LogP contribution in [0.2, 0.25) is 0 Å². The van der Waals surface area contributed by atoms with Gasteiger partial charge in [-0.2, -0.15) is 0 Å². The lowest BCUT2D eigenvalue weighted by atomic mass is 10.1. The molecular formula is C12H18ClNO2. The van der Waals surface area contributed by atoms with Crippen LogP contribution in [0.5, 0.6) is 5.75 Å². The largest absolute Gasteiger partial charge is 0.497 e. The molecule has 90 valence electrons. The number of benzene rings is 1. The number of nitrogens with zero attached hydrogens (tertiary/aromatic N) is 1. The summed E-state index contributed by atoms with van der Waals surface area (Å²) in [6.45, 7) is 0.783. The highest BCUT2D eigenvalue weighted by atomic mass is 35.5. The van der Waals surface area contributed by atoms with E-state index in [2.05, 4.69) is 0 Å². The Labute approximate surface area is 103 Å². The molecule has 0 bridgehead atoms. The number of rotatable bonds is 5. The predicted octanol–water partition coefficient (Wildman–Crippen LogP) is 2.25. The quantitative estimate of drug-likeness (QED) is 0.743. The molecular weight excluding hydrogens is 226 g/mol. The first-order valence-corrected chi connectivity index (χ1v) is 4.95. The lowest BCUT2D eigenvalue weighted by Crippen LogP contribution is -2.16. The van der Waals surface area contributed by atoms with Crippen LogP contribution in [-0.2, 0) is 0 Å². The average Bonchev–Trinajstić information content (AvgIpc) is 2.26. The van der Waals surface area contributed by atoms with Crippen molar-refractivity contribution in [1.29, 1.82) is 0 Å². The summed E-state index contributed by atoms with van der Waals surface area (Å²) in [5, 5.41) is 0. The Morgan fingerprint density at radius 2 is 1.81 bits per heavy atom. The number of halogens is 1. The SMILES string of the molecule is COc1ccc(C(=O)CCN(C)C)cc1.Cl. The summed E-state index contributed by atoms with van der Waals surface area (Å²) in [7, 11) is 5.53. The molecule has 0 unspecified atom stereocenters. The molecule has 0 aromatic heterocycles. The molecule has 1 aromatic carbocycles. The van der Waals surface area contributed by atoms with Crippen LogP contribution in [0.1, 0.15) is 16.8 Å². The highest BCUT2D eigenvalue weighted by Crippen LogP contribution is 2.12. The molecule has 16 heavy (non-hydrogen) atoms. The third kappa shape index (κ3) is 4.64. The Kier molecular flexibility index (Phi) is 6.77. The van der Waals surface area contributed by atoms with E-state index < -0.39 is 0 Å². The first kappa shape index (κ1) is 14.9. The number of methoxy groups -OCH3 is 1. The van der Waals surface area contributed by atoms with Gasteiger partial charge in [-0.05, 0) is 38.4 Å². The molecule has 0 atom stereocenters. The first-order chi connectivity index (χ1) is 7.13. The zero-order valence-corrected chi connectivity index (χ0v) is 10.7. The maximum absolute atomic E-state index is 11.7. The van der Waals surface area contributed by atoms with Gasteiger partial charge in [0.2, 0.25) is 0 Å². The minimum atomic E-state index is 0. The summed E-state index contributed by atoms with van der Waals surface area (Å²) in [4.78, 5) is 13.7. The smallest absolute Gasteiger partial charge is 0.164 e. The van der Waals surface area contributed by atoms with Crippen molar-refractivity contribution in [2.75, 3.05) is 27.7 Å². The van der Waals surface area contributed by atoms with Crippen LogP contribution in [0.4, 0.5) is 0 Å². The van der Waals surface area contributed by atoms with E-state index in [1.807, 2.05) is 31.1 Å².